The highest BCUT2D eigenvalue weighted by Crippen LogP contribution is 2.35. The molecule has 0 aromatic heterocycles. The molecule has 2 rings (SSSR count). The maximum Gasteiger partial charge on any atom is 0.115 e. The number of aromatic hydroxyl groups is 1. The van der Waals surface area contributed by atoms with Crippen molar-refractivity contribution >= 4 is 0 Å². The van der Waals surface area contributed by atoms with Crippen molar-refractivity contribution < 1.29 is 5.11 Å². The van der Waals surface area contributed by atoms with Crippen molar-refractivity contribution in [2.24, 2.45) is 0 Å². The molecule has 0 heterocycles. The summed E-state index contributed by atoms with van der Waals surface area (Å²) in [5.41, 5.74) is 1.65. The predicted octanol–water partition coefficient (Wildman–Crippen LogP) is 2.40. The van der Waals surface area contributed by atoms with Gasteiger partial charge < -0.3 is 15.3 Å². The second-order valence-corrected chi connectivity index (χ2v) is 6.12. The Bertz CT molecular complexity index is 396. The van der Waals surface area contributed by atoms with Crippen molar-refractivity contribution in [3.63, 3.8) is 0 Å². The minimum absolute atomic E-state index is 0.338. The van der Waals surface area contributed by atoms with Gasteiger partial charge in [-0.25, -0.2) is 0 Å². The summed E-state index contributed by atoms with van der Waals surface area (Å²) in [6.45, 7) is 3.30. The van der Waals surface area contributed by atoms with E-state index in [-0.39, 0.29) is 0 Å². The van der Waals surface area contributed by atoms with Gasteiger partial charge in [0.25, 0.3) is 0 Å². The molecule has 1 aromatic rings. The van der Waals surface area contributed by atoms with Gasteiger partial charge in [0, 0.05) is 18.1 Å². The van der Waals surface area contributed by atoms with E-state index >= 15 is 0 Å². The molecule has 1 atom stereocenters. The first kappa shape index (κ1) is 14.4. The molecule has 3 heteroatoms. The lowest BCUT2D eigenvalue weighted by Gasteiger charge is -2.48. The van der Waals surface area contributed by atoms with E-state index in [9.17, 15) is 5.11 Å². The van der Waals surface area contributed by atoms with E-state index in [0.717, 1.165) is 13.0 Å². The molecule has 0 bridgehead atoms. The largest absolute Gasteiger partial charge is 0.508 e. The molecule has 1 aromatic carbocycles. The van der Waals surface area contributed by atoms with Crippen LogP contribution in [0.1, 0.15) is 31.7 Å². The number of nitrogens with one attached hydrogen (secondary N) is 1. The second kappa shape index (κ2) is 5.93. The van der Waals surface area contributed by atoms with Crippen LogP contribution in [-0.2, 0) is 6.42 Å². The number of benzene rings is 1. The molecular formula is C16H26N2O. The summed E-state index contributed by atoms with van der Waals surface area (Å²) in [4.78, 5) is 2.37. The first-order valence-corrected chi connectivity index (χ1v) is 7.21. The fourth-order valence-electron chi connectivity index (χ4n) is 2.79. The maximum atomic E-state index is 9.28. The van der Waals surface area contributed by atoms with Crippen LogP contribution in [0.15, 0.2) is 24.3 Å². The molecule has 0 spiro atoms. The standard InChI is InChI=1S/C16H26N2O/c1-13(11-14-5-7-15(19)8-6-14)17-12-16(18(2)3)9-4-10-16/h5-8,13,17,19H,4,9-12H2,1-3H3. The van der Waals surface area contributed by atoms with Crippen molar-refractivity contribution in [3.8, 4) is 5.75 Å². The summed E-state index contributed by atoms with van der Waals surface area (Å²) in [5.74, 6) is 0.338. The van der Waals surface area contributed by atoms with Gasteiger partial charge in [0.2, 0.25) is 0 Å². The Balaban J connectivity index is 1.81. The summed E-state index contributed by atoms with van der Waals surface area (Å²) < 4.78 is 0. The lowest BCUT2D eigenvalue weighted by atomic mass is 9.75. The Morgan fingerprint density at radius 3 is 2.37 bits per heavy atom. The van der Waals surface area contributed by atoms with E-state index in [4.69, 9.17) is 0 Å². The Hall–Kier alpha value is -1.06. The Morgan fingerprint density at radius 2 is 1.89 bits per heavy atom. The lowest BCUT2D eigenvalue weighted by Crippen LogP contribution is -2.57. The smallest absolute Gasteiger partial charge is 0.115 e. The number of hydrogen-bond acceptors (Lipinski definition) is 3. The highest BCUT2D eigenvalue weighted by molar-refractivity contribution is 5.26. The average Bonchev–Trinajstić information content (AvgIpc) is 2.30. The van der Waals surface area contributed by atoms with E-state index in [1.807, 2.05) is 12.1 Å². The molecule has 1 saturated carbocycles. The highest BCUT2D eigenvalue weighted by atomic mass is 16.3. The van der Waals surface area contributed by atoms with Crippen LogP contribution in [0.5, 0.6) is 5.75 Å². The molecule has 1 aliphatic rings. The first-order valence-electron chi connectivity index (χ1n) is 7.21. The third-order valence-electron chi connectivity index (χ3n) is 4.49. The van der Waals surface area contributed by atoms with Crippen LogP contribution >= 0.6 is 0 Å². The quantitative estimate of drug-likeness (QED) is 0.826. The van der Waals surface area contributed by atoms with E-state index in [2.05, 4.69) is 31.2 Å². The van der Waals surface area contributed by atoms with Crippen LogP contribution in [0.25, 0.3) is 0 Å². The maximum absolute atomic E-state index is 9.28. The Morgan fingerprint density at radius 1 is 1.26 bits per heavy atom. The van der Waals surface area contributed by atoms with Crippen LogP contribution in [0.4, 0.5) is 0 Å². The van der Waals surface area contributed by atoms with Crippen LogP contribution in [0.2, 0.25) is 0 Å². The summed E-state index contributed by atoms with van der Waals surface area (Å²) in [5, 5.41) is 12.9. The number of phenolic OH excluding ortho intramolecular Hbond substituents is 1. The summed E-state index contributed by atoms with van der Waals surface area (Å²) in [7, 11) is 4.37. The number of likely N-dealkylation sites (N-methyl/N-ethyl adjacent to an activating group) is 1. The molecule has 3 nitrogen and oxygen atoms in total. The topological polar surface area (TPSA) is 35.5 Å². The molecule has 1 unspecified atom stereocenters. The highest BCUT2D eigenvalue weighted by Gasteiger charge is 2.38. The van der Waals surface area contributed by atoms with Gasteiger partial charge in [0.1, 0.15) is 5.75 Å². The third kappa shape index (κ3) is 3.48. The van der Waals surface area contributed by atoms with Crippen LogP contribution < -0.4 is 5.32 Å². The average molecular weight is 262 g/mol. The van der Waals surface area contributed by atoms with Crippen molar-refractivity contribution in [2.45, 2.75) is 44.2 Å². The van der Waals surface area contributed by atoms with E-state index in [1.165, 1.54) is 24.8 Å². The minimum Gasteiger partial charge on any atom is -0.508 e. The monoisotopic (exact) mass is 262 g/mol. The lowest BCUT2D eigenvalue weighted by molar-refractivity contribution is 0.0577. The Kier molecular flexibility index (Phi) is 4.48. The predicted molar refractivity (Wildman–Crippen MR) is 79.5 cm³/mol. The van der Waals surface area contributed by atoms with Crippen molar-refractivity contribution in [2.75, 3.05) is 20.6 Å². The van der Waals surface area contributed by atoms with E-state index < -0.39 is 0 Å². The summed E-state index contributed by atoms with van der Waals surface area (Å²) in [6, 6.07) is 7.98. The van der Waals surface area contributed by atoms with Crippen LogP contribution in [0, 0.1) is 0 Å². The van der Waals surface area contributed by atoms with Crippen molar-refractivity contribution in [1.29, 1.82) is 0 Å². The molecular weight excluding hydrogens is 236 g/mol. The fourth-order valence-corrected chi connectivity index (χ4v) is 2.79. The summed E-state index contributed by atoms with van der Waals surface area (Å²) >= 11 is 0. The van der Waals surface area contributed by atoms with E-state index in [1.54, 1.807) is 12.1 Å². The zero-order chi connectivity index (χ0) is 13.9. The van der Waals surface area contributed by atoms with Crippen LogP contribution in [0.3, 0.4) is 0 Å². The zero-order valence-corrected chi connectivity index (χ0v) is 12.3. The molecule has 0 saturated heterocycles. The van der Waals surface area contributed by atoms with Crippen molar-refractivity contribution in [1.82, 2.24) is 10.2 Å². The number of nitrogens with zero attached hydrogens (tertiary/aromatic N) is 1. The molecule has 0 aliphatic heterocycles. The number of phenols is 1. The molecule has 0 amide bonds. The van der Waals surface area contributed by atoms with Gasteiger partial charge in [-0.15, -0.1) is 0 Å². The zero-order valence-electron chi connectivity index (χ0n) is 12.3. The molecule has 1 fully saturated rings. The molecule has 1 aliphatic carbocycles. The first-order chi connectivity index (χ1) is 9.02. The van der Waals surface area contributed by atoms with Gasteiger partial charge in [0.05, 0.1) is 0 Å². The molecule has 0 radical (unpaired) electrons. The molecule has 19 heavy (non-hydrogen) atoms. The van der Waals surface area contributed by atoms with Gasteiger partial charge in [0.15, 0.2) is 0 Å². The number of hydrogen-bond donors (Lipinski definition) is 2. The van der Waals surface area contributed by atoms with Gasteiger partial charge in [-0.3, -0.25) is 0 Å². The van der Waals surface area contributed by atoms with E-state index in [0.29, 0.717) is 17.3 Å². The van der Waals surface area contributed by atoms with Gasteiger partial charge in [-0.2, -0.15) is 0 Å². The third-order valence-corrected chi connectivity index (χ3v) is 4.49. The molecule has 2 N–H and O–H groups in total. The van der Waals surface area contributed by atoms with Crippen LogP contribution in [-0.4, -0.2) is 42.2 Å². The molecule has 106 valence electrons. The number of rotatable bonds is 6. The minimum atomic E-state index is 0.338. The SMILES string of the molecule is CC(Cc1ccc(O)cc1)NCC1(N(C)C)CCC1. The van der Waals surface area contributed by atoms with Gasteiger partial charge in [-0.1, -0.05) is 12.1 Å². The normalized spacial score (nSPS) is 19.2. The van der Waals surface area contributed by atoms with Gasteiger partial charge >= 0.3 is 0 Å². The fraction of sp³-hybridized carbons (Fsp3) is 0.625. The second-order valence-electron chi connectivity index (χ2n) is 6.12. The summed E-state index contributed by atoms with van der Waals surface area (Å²) in [6.07, 6.45) is 4.97. The Labute approximate surface area is 116 Å². The van der Waals surface area contributed by atoms with Gasteiger partial charge in [-0.05, 0) is 64.4 Å². The van der Waals surface area contributed by atoms with Crippen molar-refractivity contribution in [3.05, 3.63) is 29.8 Å².